The topological polar surface area (TPSA) is 42.8 Å². The summed E-state index contributed by atoms with van der Waals surface area (Å²) in [5.74, 6) is 0.955. The number of nitrogens with one attached hydrogen (secondary N) is 1. The van der Waals surface area contributed by atoms with Gasteiger partial charge in [0.15, 0.2) is 11.5 Å². The summed E-state index contributed by atoms with van der Waals surface area (Å²) in [6.07, 6.45) is -3.08. The smallest absolute Gasteiger partial charge is 0.418 e. The number of rotatable bonds is 5. The highest BCUT2D eigenvalue weighted by Gasteiger charge is 2.33. The van der Waals surface area contributed by atoms with Crippen molar-refractivity contribution in [2.24, 2.45) is 5.10 Å². The molecule has 0 atom stereocenters. The summed E-state index contributed by atoms with van der Waals surface area (Å²) in [6, 6.07) is 10.3. The number of hydrazone groups is 1. The molecular formula is C16H15F3N2O2. The van der Waals surface area contributed by atoms with Crippen molar-refractivity contribution in [2.75, 3.05) is 19.6 Å². The van der Waals surface area contributed by atoms with E-state index in [0.717, 1.165) is 6.07 Å². The summed E-state index contributed by atoms with van der Waals surface area (Å²) in [5.41, 5.74) is 2.07. The van der Waals surface area contributed by atoms with E-state index in [1.165, 1.54) is 38.6 Å². The number of ether oxygens (including phenoxy) is 2. The summed E-state index contributed by atoms with van der Waals surface area (Å²) >= 11 is 0. The Balaban J connectivity index is 2.24. The van der Waals surface area contributed by atoms with E-state index in [1.54, 1.807) is 18.2 Å². The Morgan fingerprint density at radius 1 is 1.00 bits per heavy atom. The van der Waals surface area contributed by atoms with Gasteiger partial charge in [0.2, 0.25) is 0 Å². The van der Waals surface area contributed by atoms with Crippen molar-refractivity contribution < 1.29 is 22.6 Å². The Kier molecular flexibility index (Phi) is 5.10. The molecule has 0 saturated carbocycles. The van der Waals surface area contributed by atoms with Crippen LogP contribution in [0.5, 0.6) is 11.5 Å². The Hall–Kier alpha value is -2.70. The van der Waals surface area contributed by atoms with Gasteiger partial charge in [-0.1, -0.05) is 18.2 Å². The highest BCUT2D eigenvalue weighted by Crippen LogP contribution is 2.34. The Bertz CT molecular complexity index is 700. The third-order valence-corrected chi connectivity index (χ3v) is 3.05. The average molecular weight is 324 g/mol. The highest BCUT2D eigenvalue weighted by atomic mass is 19.4. The zero-order valence-electron chi connectivity index (χ0n) is 12.5. The van der Waals surface area contributed by atoms with Crippen molar-refractivity contribution in [1.82, 2.24) is 0 Å². The van der Waals surface area contributed by atoms with E-state index in [0.29, 0.717) is 17.1 Å². The first-order valence-corrected chi connectivity index (χ1v) is 6.63. The first-order valence-electron chi connectivity index (χ1n) is 6.63. The fourth-order valence-electron chi connectivity index (χ4n) is 2.01. The molecule has 23 heavy (non-hydrogen) atoms. The first-order chi connectivity index (χ1) is 11.0. The lowest BCUT2D eigenvalue weighted by Gasteiger charge is -2.12. The molecule has 0 fully saturated rings. The van der Waals surface area contributed by atoms with Crippen molar-refractivity contribution in [1.29, 1.82) is 0 Å². The normalized spacial score (nSPS) is 11.5. The standard InChI is InChI=1S/C16H15F3N2O2/c1-22-14-9-5-6-11(15(14)23-2)10-20-21-13-8-4-3-7-12(13)16(17,18)19/h3-10,21H,1-2H3. The number of para-hydroxylation sites is 2. The second-order valence-electron chi connectivity index (χ2n) is 4.50. The van der Waals surface area contributed by atoms with Gasteiger partial charge in [-0.15, -0.1) is 0 Å². The van der Waals surface area contributed by atoms with Gasteiger partial charge in [-0.05, 0) is 24.3 Å². The largest absolute Gasteiger partial charge is 0.493 e. The maximum Gasteiger partial charge on any atom is 0.418 e. The first kappa shape index (κ1) is 16.7. The van der Waals surface area contributed by atoms with Crippen LogP contribution in [0.3, 0.4) is 0 Å². The number of halogens is 3. The van der Waals surface area contributed by atoms with Crippen LogP contribution < -0.4 is 14.9 Å². The molecule has 2 aromatic carbocycles. The predicted octanol–water partition coefficient (Wildman–Crippen LogP) is 4.17. The number of nitrogens with zero attached hydrogens (tertiary/aromatic N) is 1. The van der Waals surface area contributed by atoms with E-state index in [9.17, 15) is 13.2 Å². The average Bonchev–Trinajstić information content (AvgIpc) is 2.54. The molecule has 0 aliphatic heterocycles. The van der Waals surface area contributed by atoms with Crippen molar-refractivity contribution >= 4 is 11.9 Å². The molecule has 122 valence electrons. The van der Waals surface area contributed by atoms with Gasteiger partial charge >= 0.3 is 6.18 Å². The van der Waals surface area contributed by atoms with Crippen molar-refractivity contribution in [2.45, 2.75) is 6.18 Å². The second-order valence-corrected chi connectivity index (χ2v) is 4.50. The van der Waals surface area contributed by atoms with Crippen molar-refractivity contribution in [3.05, 3.63) is 53.6 Å². The van der Waals surface area contributed by atoms with Crippen LogP contribution in [0.2, 0.25) is 0 Å². The Morgan fingerprint density at radius 2 is 1.74 bits per heavy atom. The molecule has 0 amide bonds. The van der Waals surface area contributed by atoms with Crippen LogP contribution in [-0.4, -0.2) is 20.4 Å². The van der Waals surface area contributed by atoms with Crippen LogP contribution in [0, 0.1) is 0 Å². The van der Waals surface area contributed by atoms with E-state index in [-0.39, 0.29) is 5.69 Å². The molecule has 1 N–H and O–H groups in total. The predicted molar refractivity (Wildman–Crippen MR) is 82.2 cm³/mol. The molecule has 2 aromatic rings. The lowest BCUT2D eigenvalue weighted by atomic mass is 10.2. The van der Waals surface area contributed by atoms with Crippen LogP contribution in [-0.2, 0) is 6.18 Å². The van der Waals surface area contributed by atoms with Crippen LogP contribution in [0.15, 0.2) is 47.6 Å². The third-order valence-electron chi connectivity index (χ3n) is 3.05. The molecule has 0 aliphatic carbocycles. The van der Waals surface area contributed by atoms with Crippen LogP contribution >= 0.6 is 0 Å². The minimum absolute atomic E-state index is 0.127. The molecule has 0 unspecified atom stereocenters. The maximum absolute atomic E-state index is 12.9. The molecule has 2 rings (SSSR count). The number of alkyl halides is 3. The molecule has 0 saturated heterocycles. The Labute approximate surface area is 131 Å². The van der Waals surface area contributed by atoms with Crippen LogP contribution in [0.25, 0.3) is 0 Å². The number of methoxy groups -OCH3 is 2. The molecule has 7 heteroatoms. The number of hydrogen-bond donors (Lipinski definition) is 1. The summed E-state index contributed by atoms with van der Waals surface area (Å²) in [6.45, 7) is 0. The molecule has 0 aromatic heterocycles. The second kappa shape index (κ2) is 7.04. The fourth-order valence-corrected chi connectivity index (χ4v) is 2.01. The van der Waals surface area contributed by atoms with E-state index in [1.807, 2.05) is 0 Å². The third kappa shape index (κ3) is 3.94. The maximum atomic E-state index is 12.9. The molecule has 0 radical (unpaired) electrons. The van der Waals surface area contributed by atoms with E-state index >= 15 is 0 Å². The molecule has 0 aliphatic rings. The van der Waals surface area contributed by atoms with E-state index in [4.69, 9.17) is 9.47 Å². The Morgan fingerprint density at radius 3 is 2.39 bits per heavy atom. The lowest BCUT2D eigenvalue weighted by Crippen LogP contribution is -2.08. The fraction of sp³-hybridized carbons (Fsp3) is 0.188. The monoisotopic (exact) mass is 324 g/mol. The summed E-state index contributed by atoms with van der Waals surface area (Å²) < 4.78 is 49.0. The molecule has 0 heterocycles. The van der Waals surface area contributed by atoms with Crippen molar-refractivity contribution in [3.63, 3.8) is 0 Å². The zero-order chi connectivity index (χ0) is 16.9. The van der Waals surface area contributed by atoms with Gasteiger partial charge in [0.25, 0.3) is 0 Å². The number of anilines is 1. The minimum Gasteiger partial charge on any atom is -0.493 e. The quantitative estimate of drug-likeness (QED) is 0.663. The number of benzene rings is 2. The van der Waals surface area contributed by atoms with Gasteiger partial charge in [0, 0.05) is 5.56 Å². The van der Waals surface area contributed by atoms with Gasteiger partial charge < -0.3 is 9.47 Å². The zero-order valence-corrected chi connectivity index (χ0v) is 12.5. The van der Waals surface area contributed by atoms with Gasteiger partial charge in [0.05, 0.1) is 31.7 Å². The van der Waals surface area contributed by atoms with Gasteiger partial charge in [-0.3, -0.25) is 5.43 Å². The van der Waals surface area contributed by atoms with Gasteiger partial charge in [0.1, 0.15) is 0 Å². The van der Waals surface area contributed by atoms with Crippen LogP contribution in [0.1, 0.15) is 11.1 Å². The van der Waals surface area contributed by atoms with Crippen molar-refractivity contribution in [3.8, 4) is 11.5 Å². The lowest BCUT2D eigenvalue weighted by molar-refractivity contribution is -0.136. The van der Waals surface area contributed by atoms with Gasteiger partial charge in [-0.2, -0.15) is 18.3 Å². The molecule has 0 spiro atoms. The SMILES string of the molecule is COc1cccc(C=NNc2ccccc2C(F)(F)F)c1OC. The summed E-state index contributed by atoms with van der Waals surface area (Å²) in [7, 11) is 2.97. The molecule has 0 bridgehead atoms. The minimum atomic E-state index is -4.45. The number of hydrogen-bond acceptors (Lipinski definition) is 4. The molecular weight excluding hydrogens is 309 g/mol. The van der Waals surface area contributed by atoms with E-state index in [2.05, 4.69) is 10.5 Å². The molecule has 4 nitrogen and oxygen atoms in total. The summed E-state index contributed by atoms with van der Waals surface area (Å²) in [5, 5.41) is 3.86. The summed E-state index contributed by atoms with van der Waals surface area (Å²) in [4.78, 5) is 0. The highest BCUT2D eigenvalue weighted by molar-refractivity contribution is 5.85. The van der Waals surface area contributed by atoms with Crippen LogP contribution in [0.4, 0.5) is 18.9 Å². The van der Waals surface area contributed by atoms with Gasteiger partial charge in [-0.25, -0.2) is 0 Å². The van der Waals surface area contributed by atoms with E-state index < -0.39 is 11.7 Å².